The summed E-state index contributed by atoms with van der Waals surface area (Å²) in [4.78, 5) is 0. The molecule has 0 nitrogen and oxygen atoms in total. The molecule has 0 radical (unpaired) electrons. The summed E-state index contributed by atoms with van der Waals surface area (Å²) in [5.41, 5.74) is 1.39. The molecule has 0 heterocycles. The van der Waals surface area contributed by atoms with Gasteiger partial charge < -0.3 is 6.92 Å². The van der Waals surface area contributed by atoms with Crippen LogP contribution in [-0.2, 0) is 0 Å². The number of hydrogen-bond acceptors (Lipinski definition) is 0. The fourth-order valence-corrected chi connectivity index (χ4v) is 1.05. The zero-order chi connectivity index (χ0) is 8.53. The third-order valence-corrected chi connectivity index (χ3v) is 1.81. The van der Waals surface area contributed by atoms with Crippen molar-refractivity contribution in [3.8, 4) is 0 Å². The van der Waals surface area contributed by atoms with Gasteiger partial charge in [-0.3, -0.25) is 0 Å². The maximum atomic E-state index is 4.02. The Hall–Kier alpha value is -0.390. The van der Waals surface area contributed by atoms with Gasteiger partial charge in [0.25, 0.3) is 0 Å². The van der Waals surface area contributed by atoms with Crippen molar-refractivity contribution in [2.24, 2.45) is 0 Å². The van der Waals surface area contributed by atoms with Gasteiger partial charge in [0, 0.05) is 0 Å². The molecule has 0 heteroatoms. The highest BCUT2D eigenvalue weighted by Crippen LogP contribution is 2.12. The van der Waals surface area contributed by atoms with Crippen LogP contribution in [0.4, 0.5) is 0 Å². The minimum Gasteiger partial charge on any atom is -0.343 e. The lowest BCUT2D eigenvalue weighted by Crippen LogP contribution is -1.82. The van der Waals surface area contributed by atoms with Crippen LogP contribution in [0.3, 0.4) is 0 Å². The van der Waals surface area contributed by atoms with Gasteiger partial charge in [-0.15, -0.1) is 0 Å². The minimum atomic E-state index is 1.04. The molecule has 0 bridgehead atoms. The van der Waals surface area contributed by atoms with E-state index in [1.54, 1.807) is 0 Å². The van der Waals surface area contributed by atoms with Crippen molar-refractivity contribution in [2.75, 3.05) is 0 Å². The molecule has 0 aromatic heterocycles. The molecule has 0 saturated heterocycles. The van der Waals surface area contributed by atoms with E-state index >= 15 is 0 Å². The third kappa shape index (κ3) is 7.51. The standard InChI is InChI=1S/C11H20/c1-4-6-8-10-11(3)9-7-5-2/h1-10H2. The van der Waals surface area contributed by atoms with Gasteiger partial charge in [-0.25, -0.2) is 0 Å². The van der Waals surface area contributed by atoms with E-state index in [1.165, 1.54) is 37.7 Å². The van der Waals surface area contributed by atoms with Crippen molar-refractivity contribution in [1.82, 2.24) is 0 Å². The zero-order valence-electron chi connectivity index (χ0n) is 7.57. The molecule has 0 fully saturated rings. The lowest BCUT2D eigenvalue weighted by atomic mass is 10.0. The van der Waals surface area contributed by atoms with E-state index in [0.29, 0.717) is 0 Å². The molecular formula is C11H20. The average Bonchev–Trinajstić information content (AvgIpc) is 2.01. The van der Waals surface area contributed by atoms with Crippen molar-refractivity contribution in [2.45, 2.75) is 44.9 Å². The molecule has 0 unspecified atom stereocenters. The molecule has 0 saturated carbocycles. The molecular weight excluding hydrogens is 132 g/mol. The molecule has 0 spiro atoms. The molecule has 0 aliphatic rings. The quantitative estimate of drug-likeness (QED) is 0.294. The number of rotatable bonds is 7. The van der Waals surface area contributed by atoms with Crippen LogP contribution >= 0.6 is 0 Å². The third-order valence-electron chi connectivity index (χ3n) is 1.81. The summed E-state index contributed by atoms with van der Waals surface area (Å²) < 4.78 is 0. The highest BCUT2D eigenvalue weighted by molar-refractivity contribution is 4.93. The number of allylic oxidation sites excluding steroid dienone is 1. The second-order valence-corrected chi connectivity index (χ2v) is 3.02. The molecule has 0 amide bonds. The monoisotopic (exact) mass is 152 g/mol. The van der Waals surface area contributed by atoms with Crippen LogP contribution < -0.4 is 0 Å². The Morgan fingerprint density at radius 1 is 1.18 bits per heavy atom. The van der Waals surface area contributed by atoms with E-state index < -0.39 is 0 Å². The van der Waals surface area contributed by atoms with E-state index in [0.717, 1.165) is 12.8 Å². The molecule has 0 aromatic carbocycles. The van der Waals surface area contributed by atoms with Crippen molar-refractivity contribution in [1.29, 1.82) is 0 Å². The van der Waals surface area contributed by atoms with Crippen molar-refractivity contribution in [3.63, 3.8) is 0 Å². The molecule has 11 heavy (non-hydrogen) atoms. The summed E-state index contributed by atoms with van der Waals surface area (Å²) >= 11 is 0. The van der Waals surface area contributed by atoms with Crippen LogP contribution in [-0.4, -0.2) is 0 Å². The van der Waals surface area contributed by atoms with Gasteiger partial charge in [0.15, 0.2) is 0 Å². The summed E-state index contributed by atoms with van der Waals surface area (Å²) in [5.74, 6) is 0. The van der Waals surface area contributed by atoms with Crippen LogP contribution in [0.1, 0.15) is 44.9 Å². The Balaban J connectivity index is 3.09. The van der Waals surface area contributed by atoms with E-state index in [4.69, 9.17) is 0 Å². The highest BCUT2D eigenvalue weighted by Gasteiger charge is 1.93. The smallest absolute Gasteiger partial charge is 0.0853 e. The van der Waals surface area contributed by atoms with E-state index in [1.807, 2.05) is 0 Å². The first kappa shape index (κ1) is 10.6. The maximum absolute atomic E-state index is 4.02. The Bertz CT molecular complexity index is 92.2. The van der Waals surface area contributed by atoms with Gasteiger partial charge in [0.1, 0.15) is 0 Å². The van der Waals surface area contributed by atoms with Crippen molar-refractivity contribution >= 4 is 0 Å². The number of unbranched alkanes of at least 4 members (excludes halogenated alkanes) is 3. The first-order valence-corrected chi connectivity index (χ1v) is 4.56. The summed E-state index contributed by atoms with van der Waals surface area (Å²) in [6.07, 6.45) is 8.15. The predicted molar refractivity (Wildman–Crippen MR) is 52.2 cm³/mol. The molecule has 0 aliphatic heterocycles. The molecule has 0 N–H and O–H groups in total. The lowest BCUT2D eigenvalue weighted by Gasteiger charge is -2.03. The summed E-state index contributed by atoms with van der Waals surface area (Å²) in [7, 11) is 0. The normalized spacial score (nSPS) is 9.91. The van der Waals surface area contributed by atoms with Gasteiger partial charge in [0.05, 0.1) is 13.3 Å². The Morgan fingerprint density at radius 3 is 2.36 bits per heavy atom. The highest BCUT2D eigenvalue weighted by atomic mass is 14.0. The summed E-state index contributed by atoms with van der Waals surface area (Å²) in [5, 5.41) is 0. The van der Waals surface area contributed by atoms with Crippen LogP contribution in [0, 0.1) is 13.8 Å². The topological polar surface area (TPSA) is 0 Å². The van der Waals surface area contributed by atoms with E-state index in [-0.39, 0.29) is 0 Å². The summed E-state index contributed by atoms with van der Waals surface area (Å²) in [6, 6.07) is 0. The fourth-order valence-electron chi connectivity index (χ4n) is 1.05. The second kappa shape index (κ2) is 7.71. The molecule has 0 aliphatic carbocycles. The van der Waals surface area contributed by atoms with Crippen molar-refractivity contribution in [3.05, 3.63) is 26.0 Å². The van der Waals surface area contributed by atoms with Crippen LogP contribution in [0.5, 0.6) is 0 Å². The van der Waals surface area contributed by atoms with Gasteiger partial charge >= 0.3 is 0 Å². The Labute approximate surface area is 71.7 Å². The lowest BCUT2D eigenvalue weighted by molar-refractivity contribution is 0.704. The average molecular weight is 152 g/mol. The predicted octanol–water partition coefficient (Wildman–Crippen LogP) is 3.94. The second-order valence-electron chi connectivity index (χ2n) is 3.02. The minimum absolute atomic E-state index is 1.04. The molecule has 0 atom stereocenters. The van der Waals surface area contributed by atoms with E-state index in [9.17, 15) is 0 Å². The van der Waals surface area contributed by atoms with Crippen LogP contribution in [0.15, 0.2) is 12.2 Å². The Kier molecular flexibility index (Phi) is 7.44. The largest absolute Gasteiger partial charge is 0.343 e. The summed E-state index contributed by atoms with van der Waals surface area (Å²) in [6.45, 7) is 11.6. The maximum Gasteiger partial charge on any atom is 0.0853 e. The van der Waals surface area contributed by atoms with Gasteiger partial charge in [-0.05, 0) is 19.3 Å². The van der Waals surface area contributed by atoms with Gasteiger partial charge in [-0.2, -0.15) is 6.42 Å². The SMILES string of the molecule is C=C(CCC[CH2+])CCCC[CH2-]. The molecule has 0 aromatic rings. The van der Waals surface area contributed by atoms with Crippen LogP contribution in [0.2, 0.25) is 0 Å². The first-order chi connectivity index (χ1) is 5.31. The molecule has 64 valence electrons. The Morgan fingerprint density at radius 2 is 1.82 bits per heavy atom. The van der Waals surface area contributed by atoms with Gasteiger partial charge in [-0.1, -0.05) is 25.0 Å². The fraction of sp³-hybridized carbons (Fsp3) is 0.636. The molecule has 0 rings (SSSR count). The first-order valence-electron chi connectivity index (χ1n) is 4.56. The van der Waals surface area contributed by atoms with Crippen LogP contribution in [0.25, 0.3) is 0 Å². The zero-order valence-corrected chi connectivity index (χ0v) is 7.57. The van der Waals surface area contributed by atoms with E-state index in [2.05, 4.69) is 20.4 Å². The van der Waals surface area contributed by atoms with Gasteiger partial charge in [0.2, 0.25) is 0 Å². The number of hydrogen-bond donors (Lipinski definition) is 0. The van der Waals surface area contributed by atoms with Crippen molar-refractivity contribution < 1.29 is 0 Å².